The monoisotopic (exact) mass is 470 g/mol. The molecule has 0 saturated carbocycles. The Balaban J connectivity index is 1.47. The van der Waals surface area contributed by atoms with Crippen LogP contribution in [0.25, 0.3) is 0 Å². The number of hydrogen-bond donors (Lipinski definition) is 3. The molecule has 0 saturated heterocycles. The maximum absolute atomic E-state index is 9.98. The molecule has 0 unspecified atom stereocenters. The molecule has 0 aliphatic carbocycles. The minimum atomic E-state index is -0.855. The molecule has 9 heteroatoms. The van der Waals surface area contributed by atoms with Gasteiger partial charge in [0.05, 0.1) is 31.7 Å². The average Bonchev–Trinajstić information content (AvgIpc) is 3.13. The van der Waals surface area contributed by atoms with Crippen LogP contribution in [0.15, 0.2) is 75.4 Å². The van der Waals surface area contributed by atoms with Crippen LogP contribution < -0.4 is 15.1 Å². The van der Waals surface area contributed by atoms with Gasteiger partial charge in [-0.1, -0.05) is 30.0 Å². The quantitative estimate of drug-likeness (QED) is 0.307. The molecular formula is C25H23BN4O3S. The van der Waals surface area contributed by atoms with Crippen LogP contribution in [-0.2, 0) is 11.3 Å². The molecule has 2 aliphatic rings. The number of benzodiazepines with no additional fused rings is 1. The van der Waals surface area contributed by atoms with Gasteiger partial charge in [0.25, 0.3) is 0 Å². The SMILES string of the molecule is COc1ccc2c(c1)C(c1ccc(Sc3ccc4c(c3)B(O)OC4)cc1)=NCC(=N)N2C(C)=N. The van der Waals surface area contributed by atoms with Crippen LogP contribution in [-0.4, -0.2) is 43.2 Å². The van der Waals surface area contributed by atoms with Crippen LogP contribution >= 0.6 is 11.8 Å². The van der Waals surface area contributed by atoms with Crippen molar-refractivity contribution in [1.29, 1.82) is 10.8 Å². The number of ether oxygens (including phenoxy) is 1. The number of rotatable bonds is 4. The van der Waals surface area contributed by atoms with E-state index in [1.807, 2.05) is 60.7 Å². The molecule has 3 N–H and O–H groups in total. The first-order chi connectivity index (χ1) is 16.4. The maximum Gasteiger partial charge on any atom is 0.491 e. The first-order valence-electron chi connectivity index (χ1n) is 10.8. The molecule has 0 aromatic heterocycles. The Morgan fingerprint density at radius 2 is 1.88 bits per heavy atom. The predicted octanol–water partition coefficient (Wildman–Crippen LogP) is 3.70. The molecule has 0 bridgehead atoms. The number of amidine groups is 2. The zero-order valence-corrected chi connectivity index (χ0v) is 19.6. The molecule has 3 aromatic rings. The molecule has 2 heterocycles. The van der Waals surface area contributed by atoms with Gasteiger partial charge in [0, 0.05) is 20.9 Å². The molecule has 5 rings (SSSR count). The van der Waals surface area contributed by atoms with E-state index >= 15 is 0 Å². The van der Waals surface area contributed by atoms with Crippen LogP contribution in [0.2, 0.25) is 0 Å². The molecule has 7 nitrogen and oxygen atoms in total. The smallest absolute Gasteiger partial charge is 0.491 e. The van der Waals surface area contributed by atoms with Crippen molar-refractivity contribution in [2.45, 2.75) is 23.3 Å². The lowest BCUT2D eigenvalue weighted by Crippen LogP contribution is -2.35. The van der Waals surface area contributed by atoms with Crippen LogP contribution in [0.1, 0.15) is 23.6 Å². The van der Waals surface area contributed by atoms with Crippen molar-refractivity contribution in [3.8, 4) is 5.75 Å². The first-order valence-corrected chi connectivity index (χ1v) is 11.6. The summed E-state index contributed by atoms with van der Waals surface area (Å²) >= 11 is 1.61. The number of benzene rings is 3. The minimum absolute atomic E-state index is 0.179. The fraction of sp³-hybridized carbons (Fsp3) is 0.160. The Morgan fingerprint density at radius 1 is 1.12 bits per heavy atom. The molecule has 0 atom stereocenters. The highest BCUT2D eigenvalue weighted by molar-refractivity contribution is 7.99. The van der Waals surface area contributed by atoms with E-state index in [1.54, 1.807) is 30.7 Å². The lowest BCUT2D eigenvalue weighted by atomic mass is 9.80. The standard InChI is InChI=1S/C25H23BN4O3S/c1-15(27)30-23-10-6-18(32-2)11-21(23)25(29-13-24(30)28)16-3-7-19(8-4-16)34-20-9-5-17-14-33-26(31)22(17)12-20/h3-12,27-28,31H,13-14H2,1-2H3. The Labute approximate surface area is 202 Å². The van der Waals surface area contributed by atoms with Gasteiger partial charge in [0.1, 0.15) is 17.4 Å². The second-order valence-corrected chi connectivity index (χ2v) is 9.21. The van der Waals surface area contributed by atoms with Crippen LogP contribution in [0.3, 0.4) is 0 Å². The normalized spacial score (nSPS) is 14.9. The summed E-state index contributed by atoms with van der Waals surface area (Å²) in [6, 6.07) is 19.7. The Kier molecular flexibility index (Phi) is 5.99. The highest BCUT2D eigenvalue weighted by atomic mass is 32.2. The van der Waals surface area contributed by atoms with Gasteiger partial charge in [-0.25, -0.2) is 0 Å². The third kappa shape index (κ3) is 4.14. The van der Waals surface area contributed by atoms with Crippen molar-refractivity contribution in [2.24, 2.45) is 4.99 Å². The summed E-state index contributed by atoms with van der Waals surface area (Å²) in [4.78, 5) is 8.44. The van der Waals surface area contributed by atoms with Crippen molar-refractivity contribution in [3.63, 3.8) is 0 Å². The lowest BCUT2D eigenvalue weighted by Gasteiger charge is -2.24. The zero-order chi connectivity index (χ0) is 23.8. The van der Waals surface area contributed by atoms with Gasteiger partial charge < -0.3 is 14.4 Å². The molecule has 0 amide bonds. The fourth-order valence-electron chi connectivity index (χ4n) is 4.19. The lowest BCUT2D eigenvalue weighted by molar-refractivity contribution is 0.275. The summed E-state index contributed by atoms with van der Waals surface area (Å²) < 4.78 is 10.7. The number of nitrogens with zero attached hydrogens (tertiary/aromatic N) is 2. The van der Waals surface area contributed by atoms with Gasteiger partial charge >= 0.3 is 7.12 Å². The summed E-state index contributed by atoms with van der Waals surface area (Å²) in [7, 11) is 0.763. The molecule has 3 aromatic carbocycles. The van der Waals surface area contributed by atoms with E-state index in [-0.39, 0.29) is 18.2 Å². The summed E-state index contributed by atoms with van der Waals surface area (Å²) in [5.41, 5.74) is 5.10. The third-order valence-electron chi connectivity index (χ3n) is 5.84. The van der Waals surface area contributed by atoms with Gasteiger partial charge in [-0.15, -0.1) is 0 Å². The molecule has 0 spiro atoms. The minimum Gasteiger partial charge on any atom is -0.497 e. The van der Waals surface area contributed by atoms with E-state index in [0.29, 0.717) is 12.4 Å². The number of aliphatic imine (C=N–C) groups is 1. The number of hydrogen-bond acceptors (Lipinski definition) is 7. The largest absolute Gasteiger partial charge is 0.497 e. The predicted molar refractivity (Wildman–Crippen MR) is 137 cm³/mol. The Bertz CT molecular complexity index is 1330. The molecular weight excluding hydrogens is 447 g/mol. The average molecular weight is 470 g/mol. The van der Waals surface area contributed by atoms with E-state index < -0.39 is 7.12 Å². The topological polar surface area (TPSA) is 102 Å². The van der Waals surface area contributed by atoms with Crippen molar-refractivity contribution < 1.29 is 14.4 Å². The van der Waals surface area contributed by atoms with Crippen molar-refractivity contribution in [1.82, 2.24) is 0 Å². The summed E-state index contributed by atoms with van der Waals surface area (Å²) in [6.07, 6.45) is 0. The van der Waals surface area contributed by atoms with Crippen molar-refractivity contribution in [3.05, 3.63) is 77.4 Å². The van der Waals surface area contributed by atoms with Crippen LogP contribution in [0, 0.1) is 10.8 Å². The van der Waals surface area contributed by atoms with Gasteiger partial charge in [0.2, 0.25) is 0 Å². The maximum atomic E-state index is 9.98. The van der Waals surface area contributed by atoms with Crippen molar-refractivity contribution >= 4 is 47.4 Å². The van der Waals surface area contributed by atoms with Gasteiger partial charge in [-0.2, -0.15) is 0 Å². The molecule has 2 aliphatic heterocycles. The van der Waals surface area contributed by atoms with Gasteiger partial charge in [0.15, 0.2) is 0 Å². The number of methoxy groups -OCH3 is 1. The van der Waals surface area contributed by atoms with Crippen LogP contribution in [0.4, 0.5) is 5.69 Å². The number of fused-ring (bicyclic) bond motifs is 2. The zero-order valence-electron chi connectivity index (χ0n) is 18.8. The number of nitrogens with one attached hydrogen (secondary N) is 2. The highest BCUT2D eigenvalue weighted by Gasteiger charge is 2.27. The Morgan fingerprint density at radius 3 is 2.62 bits per heavy atom. The van der Waals surface area contributed by atoms with Crippen molar-refractivity contribution in [2.75, 3.05) is 18.6 Å². The second-order valence-electron chi connectivity index (χ2n) is 8.07. The molecule has 0 radical (unpaired) electrons. The fourth-order valence-corrected chi connectivity index (χ4v) is 5.05. The van der Waals surface area contributed by atoms with Gasteiger partial charge in [-0.05, 0) is 60.4 Å². The second kappa shape index (κ2) is 9.10. The number of anilines is 1. The van der Waals surface area contributed by atoms with Gasteiger partial charge in [-0.3, -0.25) is 20.7 Å². The third-order valence-corrected chi connectivity index (χ3v) is 6.83. The summed E-state index contributed by atoms with van der Waals surface area (Å²) in [5.74, 6) is 1.21. The molecule has 34 heavy (non-hydrogen) atoms. The first kappa shape index (κ1) is 22.4. The molecule has 170 valence electrons. The summed E-state index contributed by atoms with van der Waals surface area (Å²) in [5, 5.41) is 26.6. The van der Waals surface area contributed by atoms with E-state index in [1.165, 1.54) is 0 Å². The van der Waals surface area contributed by atoms with E-state index in [4.69, 9.17) is 25.2 Å². The molecule has 0 fully saturated rings. The Hall–Kier alpha value is -3.40. The van der Waals surface area contributed by atoms with Crippen LogP contribution in [0.5, 0.6) is 5.75 Å². The highest BCUT2D eigenvalue weighted by Crippen LogP contribution is 2.33. The van der Waals surface area contributed by atoms with E-state index in [2.05, 4.69) is 0 Å². The summed E-state index contributed by atoms with van der Waals surface area (Å²) in [6.45, 7) is 2.29. The van der Waals surface area contributed by atoms with E-state index in [9.17, 15) is 5.02 Å². The van der Waals surface area contributed by atoms with E-state index in [0.717, 1.165) is 43.3 Å².